The Morgan fingerprint density at radius 1 is 1.24 bits per heavy atom. The second-order valence-electron chi connectivity index (χ2n) is 3.70. The Kier molecular flexibility index (Phi) is 3.41. The number of aryl methyl sites for hydroxylation is 1. The first-order valence-corrected chi connectivity index (χ1v) is 5.76. The fourth-order valence-corrected chi connectivity index (χ4v) is 1.75. The van der Waals surface area contributed by atoms with Crippen LogP contribution in [0.5, 0.6) is 0 Å². The summed E-state index contributed by atoms with van der Waals surface area (Å²) in [7, 11) is 0. The molecule has 0 saturated heterocycles. The Hall–Kier alpha value is -1.45. The van der Waals surface area contributed by atoms with Gasteiger partial charge in [0.2, 0.25) is 0 Å². The smallest absolute Gasteiger partial charge is 0.153 e. The molecule has 3 nitrogen and oxygen atoms in total. The van der Waals surface area contributed by atoms with Crippen LogP contribution in [0.15, 0.2) is 30.5 Å². The van der Waals surface area contributed by atoms with E-state index in [2.05, 4.69) is 10.3 Å². The molecule has 1 heterocycles. The first-order valence-electron chi connectivity index (χ1n) is 5.00. The molecule has 0 fully saturated rings. The van der Waals surface area contributed by atoms with Crippen molar-refractivity contribution in [3.05, 3.63) is 46.1 Å². The predicted molar refractivity (Wildman–Crippen MR) is 73.1 cm³/mol. The average molecular weight is 268 g/mol. The normalized spacial score (nSPS) is 10.3. The van der Waals surface area contributed by atoms with Gasteiger partial charge in [-0.15, -0.1) is 0 Å². The summed E-state index contributed by atoms with van der Waals surface area (Å²) in [6, 6.07) is 7.01. The molecule has 5 heteroatoms. The number of rotatable bonds is 2. The van der Waals surface area contributed by atoms with E-state index in [0.717, 1.165) is 5.56 Å². The number of nitrogens with zero attached hydrogens (tertiary/aromatic N) is 1. The monoisotopic (exact) mass is 267 g/mol. The number of nitrogens with one attached hydrogen (secondary N) is 1. The van der Waals surface area contributed by atoms with Gasteiger partial charge in [0.1, 0.15) is 0 Å². The van der Waals surface area contributed by atoms with Crippen molar-refractivity contribution >= 4 is 40.4 Å². The lowest BCUT2D eigenvalue weighted by Crippen LogP contribution is -2.00. The highest BCUT2D eigenvalue weighted by atomic mass is 35.5. The molecule has 0 aliphatic rings. The van der Waals surface area contributed by atoms with Crippen molar-refractivity contribution in [1.82, 2.24) is 4.98 Å². The average Bonchev–Trinajstić information content (AvgIpc) is 2.27. The van der Waals surface area contributed by atoms with Gasteiger partial charge in [-0.05, 0) is 36.8 Å². The molecule has 0 spiro atoms. The highest BCUT2D eigenvalue weighted by molar-refractivity contribution is 6.35. The zero-order valence-corrected chi connectivity index (χ0v) is 10.7. The molecule has 0 aliphatic carbocycles. The van der Waals surface area contributed by atoms with Crippen LogP contribution in [0, 0.1) is 6.92 Å². The summed E-state index contributed by atoms with van der Waals surface area (Å²) in [4.78, 5) is 4.21. The summed E-state index contributed by atoms with van der Waals surface area (Å²) < 4.78 is 0. The summed E-state index contributed by atoms with van der Waals surface area (Å²) in [6.07, 6.45) is 1.73. The van der Waals surface area contributed by atoms with Crippen LogP contribution in [-0.2, 0) is 0 Å². The van der Waals surface area contributed by atoms with Crippen LogP contribution in [-0.4, -0.2) is 4.98 Å². The third-order valence-corrected chi connectivity index (χ3v) is 2.80. The number of hydrogen-bond acceptors (Lipinski definition) is 3. The molecule has 2 aromatic rings. The predicted octanol–water partition coefficient (Wildman–Crippen LogP) is 4.02. The van der Waals surface area contributed by atoms with Crippen LogP contribution in [0.25, 0.3) is 0 Å². The maximum absolute atomic E-state index is 6.04. The lowest BCUT2D eigenvalue weighted by Gasteiger charge is -2.10. The topological polar surface area (TPSA) is 50.9 Å². The van der Waals surface area contributed by atoms with Crippen molar-refractivity contribution in [3.8, 4) is 0 Å². The minimum Gasteiger partial charge on any atom is -0.396 e. The lowest BCUT2D eigenvalue weighted by atomic mass is 10.2. The number of hydrogen-bond donors (Lipinski definition) is 2. The van der Waals surface area contributed by atoms with E-state index in [0.29, 0.717) is 27.2 Å². The van der Waals surface area contributed by atoms with E-state index >= 15 is 0 Å². The molecule has 0 saturated carbocycles. The summed E-state index contributed by atoms with van der Waals surface area (Å²) in [6.45, 7) is 1.93. The van der Waals surface area contributed by atoms with Crippen LogP contribution >= 0.6 is 23.2 Å². The lowest BCUT2D eigenvalue weighted by molar-refractivity contribution is 1.26. The quantitative estimate of drug-likeness (QED) is 0.864. The molecule has 17 heavy (non-hydrogen) atoms. The van der Waals surface area contributed by atoms with E-state index in [4.69, 9.17) is 28.9 Å². The van der Waals surface area contributed by atoms with E-state index in [1.54, 1.807) is 24.4 Å². The summed E-state index contributed by atoms with van der Waals surface area (Å²) in [5.74, 6) is 0.569. The molecule has 88 valence electrons. The molecule has 0 amide bonds. The number of nitrogen functional groups attached to an aromatic ring is 1. The number of halogens is 2. The maximum atomic E-state index is 6.04. The molecule has 1 aromatic heterocycles. The standard InChI is InChI=1S/C12H11Cl2N3/c1-7-4-10(15)12(16-6-7)17-11-5-8(13)2-3-9(11)14/h2-6H,15H2,1H3,(H,16,17). The van der Waals surface area contributed by atoms with Crippen LogP contribution < -0.4 is 11.1 Å². The van der Waals surface area contributed by atoms with Crippen molar-refractivity contribution in [3.63, 3.8) is 0 Å². The van der Waals surface area contributed by atoms with Gasteiger partial charge >= 0.3 is 0 Å². The van der Waals surface area contributed by atoms with E-state index in [1.165, 1.54) is 0 Å². The molecular formula is C12H11Cl2N3. The zero-order valence-electron chi connectivity index (χ0n) is 9.17. The van der Waals surface area contributed by atoms with Crippen LogP contribution in [0.4, 0.5) is 17.2 Å². The molecule has 0 atom stereocenters. The van der Waals surface area contributed by atoms with Crippen molar-refractivity contribution < 1.29 is 0 Å². The number of nitrogens with two attached hydrogens (primary N) is 1. The summed E-state index contributed by atoms with van der Waals surface area (Å²) in [5, 5.41) is 4.22. The number of aromatic nitrogens is 1. The molecule has 0 bridgehead atoms. The largest absolute Gasteiger partial charge is 0.396 e. The number of benzene rings is 1. The first-order chi connectivity index (χ1) is 8.06. The van der Waals surface area contributed by atoms with Gasteiger partial charge in [0.25, 0.3) is 0 Å². The maximum Gasteiger partial charge on any atom is 0.153 e. The van der Waals surface area contributed by atoms with Gasteiger partial charge in [-0.1, -0.05) is 23.2 Å². The highest BCUT2D eigenvalue weighted by Gasteiger charge is 2.05. The number of pyridine rings is 1. The third kappa shape index (κ3) is 2.81. The fourth-order valence-electron chi connectivity index (χ4n) is 1.42. The molecule has 0 radical (unpaired) electrons. The van der Waals surface area contributed by atoms with Gasteiger partial charge in [-0.3, -0.25) is 0 Å². The minimum atomic E-state index is 0.566. The van der Waals surface area contributed by atoms with E-state index in [1.807, 2.05) is 13.0 Å². The molecule has 2 rings (SSSR count). The van der Waals surface area contributed by atoms with Crippen LogP contribution in [0.1, 0.15) is 5.56 Å². The van der Waals surface area contributed by atoms with Gasteiger partial charge in [-0.2, -0.15) is 0 Å². The van der Waals surface area contributed by atoms with E-state index < -0.39 is 0 Å². The SMILES string of the molecule is Cc1cnc(Nc2cc(Cl)ccc2Cl)c(N)c1. The van der Waals surface area contributed by atoms with Gasteiger partial charge in [0.15, 0.2) is 5.82 Å². The van der Waals surface area contributed by atoms with Crippen molar-refractivity contribution in [2.24, 2.45) is 0 Å². The van der Waals surface area contributed by atoms with Crippen molar-refractivity contribution in [2.75, 3.05) is 11.1 Å². The van der Waals surface area contributed by atoms with Crippen LogP contribution in [0.3, 0.4) is 0 Å². The van der Waals surface area contributed by atoms with Gasteiger partial charge in [-0.25, -0.2) is 4.98 Å². The second-order valence-corrected chi connectivity index (χ2v) is 4.54. The Bertz CT molecular complexity index is 555. The van der Waals surface area contributed by atoms with E-state index in [9.17, 15) is 0 Å². The molecule has 0 unspecified atom stereocenters. The molecule has 0 aliphatic heterocycles. The zero-order chi connectivity index (χ0) is 12.4. The van der Waals surface area contributed by atoms with Crippen molar-refractivity contribution in [2.45, 2.75) is 6.92 Å². The van der Waals surface area contributed by atoms with Gasteiger partial charge < -0.3 is 11.1 Å². The minimum absolute atomic E-state index is 0.566. The highest BCUT2D eigenvalue weighted by Crippen LogP contribution is 2.29. The summed E-state index contributed by atoms with van der Waals surface area (Å²) >= 11 is 11.9. The third-order valence-electron chi connectivity index (χ3n) is 2.24. The molecule has 3 N–H and O–H groups in total. The Balaban J connectivity index is 2.34. The van der Waals surface area contributed by atoms with Gasteiger partial charge in [0, 0.05) is 11.2 Å². The number of anilines is 3. The van der Waals surface area contributed by atoms with Crippen LogP contribution in [0.2, 0.25) is 10.0 Å². The fraction of sp³-hybridized carbons (Fsp3) is 0.0833. The van der Waals surface area contributed by atoms with Crippen molar-refractivity contribution in [1.29, 1.82) is 0 Å². The van der Waals surface area contributed by atoms with E-state index in [-0.39, 0.29) is 0 Å². The summed E-state index contributed by atoms with van der Waals surface area (Å²) in [5.41, 5.74) is 8.11. The Labute approximate surface area is 110 Å². The first kappa shape index (κ1) is 12.0. The molecular weight excluding hydrogens is 257 g/mol. The molecule has 1 aromatic carbocycles. The second kappa shape index (κ2) is 4.82. The van der Waals surface area contributed by atoms with Gasteiger partial charge in [0.05, 0.1) is 16.4 Å². The Morgan fingerprint density at radius 3 is 2.71 bits per heavy atom. The Morgan fingerprint density at radius 2 is 2.00 bits per heavy atom.